The first-order valence-electron chi connectivity index (χ1n) is 10.5. The van der Waals surface area contributed by atoms with Crippen LogP contribution in [-0.4, -0.2) is 34.0 Å². The lowest BCUT2D eigenvalue weighted by Crippen LogP contribution is -2.26. The minimum absolute atomic E-state index is 0.111. The molecule has 5 rings (SSSR count). The van der Waals surface area contributed by atoms with Crippen molar-refractivity contribution in [2.45, 2.75) is 12.5 Å². The molecule has 0 saturated carbocycles. The van der Waals surface area contributed by atoms with Gasteiger partial charge >= 0.3 is 5.24 Å². The first kappa shape index (κ1) is 21.0. The summed E-state index contributed by atoms with van der Waals surface area (Å²) in [4.78, 5) is 17.4. The summed E-state index contributed by atoms with van der Waals surface area (Å²) in [6.07, 6.45) is 2.58. The summed E-state index contributed by atoms with van der Waals surface area (Å²) in [7, 11) is 1.64. The Morgan fingerprint density at radius 2 is 1.76 bits per heavy atom. The molecule has 6 nitrogen and oxygen atoms in total. The molecule has 0 bridgehead atoms. The van der Waals surface area contributed by atoms with Crippen LogP contribution < -0.4 is 4.74 Å². The van der Waals surface area contributed by atoms with E-state index in [1.54, 1.807) is 31.4 Å². The fourth-order valence-electron chi connectivity index (χ4n) is 3.88. The molecule has 2 aliphatic rings. The number of hydrazone groups is 1. The van der Waals surface area contributed by atoms with Gasteiger partial charge in [0.15, 0.2) is 5.84 Å². The second-order valence-corrected chi connectivity index (χ2v) is 8.65. The normalized spacial score (nSPS) is 19.1. The Morgan fingerprint density at radius 1 is 1.03 bits per heavy atom. The highest BCUT2D eigenvalue weighted by atomic mass is 32.2. The number of phenolic OH excluding ortho intramolecular Hbond substituents is 1. The molecule has 3 aromatic rings. The maximum Gasteiger partial charge on any atom is 0.311 e. The van der Waals surface area contributed by atoms with Crippen LogP contribution in [0, 0.1) is 0 Å². The summed E-state index contributed by atoms with van der Waals surface area (Å²) in [6.45, 7) is 0. The van der Waals surface area contributed by atoms with Crippen molar-refractivity contribution in [2.75, 3.05) is 7.11 Å². The minimum atomic E-state index is -0.271. The highest BCUT2D eigenvalue weighted by Gasteiger charge is 2.36. The van der Waals surface area contributed by atoms with E-state index in [2.05, 4.69) is 4.99 Å². The van der Waals surface area contributed by atoms with Gasteiger partial charge in [0.25, 0.3) is 0 Å². The van der Waals surface area contributed by atoms with Crippen molar-refractivity contribution in [3.8, 4) is 11.5 Å². The van der Waals surface area contributed by atoms with Crippen molar-refractivity contribution in [1.82, 2.24) is 5.01 Å². The lowest BCUT2D eigenvalue weighted by molar-refractivity contribution is 0.267. The van der Waals surface area contributed by atoms with Crippen molar-refractivity contribution in [3.05, 3.63) is 100 Å². The number of thioether (sulfide) groups is 1. The number of nitrogens with zero attached hydrogens (tertiary/aromatic N) is 3. The van der Waals surface area contributed by atoms with Gasteiger partial charge in [0.2, 0.25) is 0 Å². The van der Waals surface area contributed by atoms with Gasteiger partial charge in [-0.1, -0.05) is 54.6 Å². The predicted octanol–water partition coefficient (Wildman–Crippen LogP) is 5.86. The number of aliphatic imine (C=N–C) groups is 1. The topological polar surface area (TPSA) is 74.5 Å². The van der Waals surface area contributed by atoms with Gasteiger partial charge < -0.3 is 9.84 Å². The van der Waals surface area contributed by atoms with E-state index in [-0.39, 0.29) is 17.0 Å². The van der Waals surface area contributed by atoms with Crippen molar-refractivity contribution in [2.24, 2.45) is 10.1 Å². The highest BCUT2D eigenvalue weighted by Crippen LogP contribution is 2.39. The Balaban J connectivity index is 1.55. The number of aromatic hydroxyl groups is 1. The number of phenols is 1. The third kappa shape index (κ3) is 4.40. The van der Waals surface area contributed by atoms with Gasteiger partial charge in [0.05, 0.1) is 23.8 Å². The summed E-state index contributed by atoms with van der Waals surface area (Å²) in [6, 6.07) is 24.7. The van der Waals surface area contributed by atoms with E-state index >= 15 is 0 Å². The number of hydrogen-bond donors (Lipinski definition) is 1. The van der Waals surface area contributed by atoms with Crippen LogP contribution in [0.3, 0.4) is 0 Å². The van der Waals surface area contributed by atoms with E-state index < -0.39 is 0 Å². The SMILES string of the molecule is COc1ccc([C@H]2CC(c3ccccc3)=NN2C2=NC(=O)SC2=Cc2ccc(O)cc2)cc1. The van der Waals surface area contributed by atoms with E-state index in [4.69, 9.17) is 9.84 Å². The largest absolute Gasteiger partial charge is 0.508 e. The zero-order chi connectivity index (χ0) is 22.8. The average molecular weight is 456 g/mol. The minimum Gasteiger partial charge on any atom is -0.508 e. The lowest BCUT2D eigenvalue weighted by atomic mass is 9.98. The number of carbonyl (C=O) groups is 1. The first-order chi connectivity index (χ1) is 16.1. The van der Waals surface area contributed by atoms with Gasteiger partial charge in [-0.05, 0) is 58.8 Å². The predicted molar refractivity (Wildman–Crippen MR) is 132 cm³/mol. The Morgan fingerprint density at radius 3 is 2.45 bits per heavy atom. The molecule has 0 aliphatic carbocycles. The summed E-state index contributed by atoms with van der Waals surface area (Å²) >= 11 is 1.08. The van der Waals surface area contributed by atoms with Crippen LogP contribution in [0.1, 0.15) is 29.2 Å². The number of amides is 1. The monoisotopic (exact) mass is 455 g/mol. The molecular weight excluding hydrogens is 434 g/mol. The molecule has 7 heteroatoms. The van der Waals surface area contributed by atoms with E-state index in [9.17, 15) is 9.90 Å². The molecule has 0 fully saturated rings. The molecule has 1 N–H and O–H groups in total. The van der Waals surface area contributed by atoms with Crippen LogP contribution in [0.5, 0.6) is 11.5 Å². The third-order valence-corrected chi connectivity index (χ3v) is 6.33. The zero-order valence-corrected chi connectivity index (χ0v) is 18.7. The number of hydrogen-bond acceptors (Lipinski definition) is 6. The maximum atomic E-state index is 12.3. The second-order valence-electron chi connectivity index (χ2n) is 7.65. The van der Waals surface area contributed by atoms with Crippen LogP contribution in [0.25, 0.3) is 6.08 Å². The number of ether oxygens (including phenoxy) is 1. The molecule has 0 radical (unpaired) electrons. The smallest absolute Gasteiger partial charge is 0.311 e. The summed E-state index contributed by atoms with van der Waals surface area (Å²) in [5.74, 6) is 1.51. The van der Waals surface area contributed by atoms with E-state index in [1.807, 2.05) is 65.7 Å². The van der Waals surface area contributed by atoms with Crippen molar-refractivity contribution in [3.63, 3.8) is 0 Å². The van der Waals surface area contributed by atoms with Crippen molar-refractivity contribution >= 4 is 34.6 Å². The summed E-state index contributed by atoms with van der Waals surface area (Å²) in [5, 5.41) is 16.1. The first-order valence-corrected chi connectivity index (χ1v) is 11.3. The zero-order valence-electron chi connectivity index (χ0n) is 17.9. The third-order valence-electron chi connectivity index (χ3n) is 5.54. The Hall–Kier alpha value is -3.84. The number of methoxy groups -OCH3 is 1. The molecule has 1 atom stereocenters. The standard InChI is InChI=1S/C26H21N3O3S/c1-32-21-13-9-19(10-14-21)23-16-22(18-5-3-2-4-6-18)28-29(23)25-24(33-26(31)27-25)15-17-7-11-20(30)12-8-17/h2-15,23,30H,16H2,1H3/t23-/m1/s1. The number of rotatable bonds is 4. The molecule has 0 saturated heterocycles. The van der Waals surface area contributed by atoms with Crippen LogP contribution in [0.4, 0.5) is 4.79 Å². The Kier molecular flexibility index (Phi) is 5.71. The molecule has 164 valence electrons. The van der Waals surface area contributed by atoms with Crippen molar-refractivity contribution < 1.29 is 14.6 Å². The van der Waals surface area contributed by atoms with Crippen LogP contribution >= 0.6 is 11.8 Å². The van der Waals surface area contributed by atoms with Crippen LogP contribution in [-0.2, 0) is 0 Å². The maximum absolute atomic E-state index is 12.3. The molecule has 1 amide bonds. The lowest BCUT2D eigenvalue weighted by Gasteiger charge is -2.24. The average Bonchev–Trinajstić information content (AvgIpc) is 3.44. The summed E-state index contributed by atoms with van der Waals surface area (Å²) < 4.78 is 5.31. The number of amidine groups is 1. The Bertz CT molecular complexity index is 1270. The number of benzene rings is 3. The highest BCUT2D eigenvalue weighted by molar-refractivity contribution is 8.18. The van der Waals surface area contributed by atoms with Gasteiger partial charge in [-0.15, -0.1) is 0 Å². The molecule has 2 aliphatic heterocycles. The van der Waals surface area contributed by atoms with Crippen LogP contribution in [0.15, 0.2) is 93.9 Å². The fourth-order valence-corrected chi connectivity index (χ4v) is 4.63. The molecular formula is C26H21N3O3S. The van der Waals surface area contributed by atoms with Gasteiger partial charge in [0.1, 0.15) is 11.5 Å². The Labute approximate surface area is 195 Å². The van der Waals surface area contributed by atoms with E-state index in [0.717, 1.165) is 44.8 Å². The fraction of sp³-hybridized carbons (Fsp3) is 0.115. The number of carbonyl (C=O) groups excluding carboxylic acids is 1. The van der Waals surface area contributed by atoms with Gasteiger partial charge in [0, 0.05) is 6.42 Å². The van der Waals surface area contributed by atoms with Gasteiger partial charge in [-0.3, -0.25) is 4.79 Å². The van der Waals surface area contributed by atoms with Crippen LogP contribution in [0.2, 0.25) is 0 Å². The molecule has 0 aromatic heterocycles. The second kappa shape index (κ2) is 8.96. The van der Waals surface area contributed by atoms with E-state index in [0.29, 0.717) is 12.3 Å². The molecule has 33 heavy (non-hydrogen) atoms. The molecule has 0 unspecified atom stereocenters. The molecule has 0 spiro atoms. The van der Waals surface area contributed by atoms with Gasteiger partial charge in [-0.2, -0.15) is 10.1 Å². The van der Waals surface area contributed by atoms with Crippen molar-refractivity contribution in [1.29, 1.82) is 0 Å². The van der Waals surface area contributed by atoms with Gasteiger partial charge in [-0.25, -0.2) is 5.01 Å². The summed E-state index contributed by atoms with van der Waals surface area (Å²) in [5.41, 5.74) is 3.90. The molecule has 3 aromatic carbocycles. The van der Waals surface area contributed by atoms with E-state index in [1.165, 1.54) is 0 Å². The quantitative estimate of drug-likeness (QED) is 0.533. The molecule has 2 heterocycles.